The molecule has 0 heterocycles. The maximum Gasteiger partial charge on any atom is 0.251 e. The van der Waals surface area contributed by atoms with Gasteiger partial charge >= 0.3 is 0 Å². The molecule has 0 saturated heterocycles. The molecule has 1 atom stereocenters. The molecule has 0 aliphatic rings. The van der Waals surface area contributed by atoms with Gasteiger partial charge in [0.1, 0.15) is 6.10 Å². The highest BCUT2D eigenvalue weighted by Gasteiger charge is 2.09. The van der Waals surface area contributed by atoms with Gasteiger partial charge in [-0.05, 0) is 50.6 Å². The molecule has 0 spiro atoms. The average molecular weight is 413 g/mol. The molecule has 7 heteroatoms. The first-order chi connectivity index (χ1) is 14.6. The van der Waals surface area contributed by atoms with Gasteiger partial charge in [-0.25, -0.2) is 4.99 Å². The van der Waals surface area contributed by atoms with E-state index in [2.05, 4.69) is 20.9 Å². The van der Waals surface area contributed by atoms with Gasteiger partial charge in [0.2, 0.25) is 0 Å². The smallest absolute Gasteiger partial charge is 0.251 e. The lowest BCUT2D eigenvalue weighted by Crippen LogP contribution is -2.41. The summed E-state index contributed by atoms with van der Waals surface area (Å²) in [6.07, 6.45) is -0.0819. The van der Waals surface area contributed by atoms with Gasteiger partial charge in [0, 0.05) is 18.7 Å². The standard InChI is InChI=1S/C23H32N4O3/c1-5-24-22(28)19-13-11-18(12-14-19)16-27-23(25-6-2)26-15-17(3)30-21-10-8-7-9-20(21)29-4/h7-14,17H,5-6,15-16H2,1-4H3,(H,24,28)(H2,25,26,27). The van der Waals surface area contributed by atoms with Crippen LogP contribution in [0, 0.1) is 0 Å². The summed E-state index contributed by atoms with van der Waals surface area (Å²) in [5.74, 6) is 2.07. The van der Waals surface area contributed by atoms with Crippen molar-refractivity contribution in [2.24, 2.45) is 4.99 Å². The Labute approximate surface area is 178 Å². The summed E-state index contributed by atoms with van der Waals surface area (Å²) < 4.78 is 11.3. The van der Waals surface area contributed by atoms with E-state index in [-0.39, 0.29) is 12.0 Å². The zero-order chi connectivity index (χ0) is 21.8. The van der Waals surface area contributed by atoms with Crippen molar-refractivity contribution >= 4 is 11.9 Å². The molecule has 0 aromatic heterocycles. The van der Waals surface area contributed by atoms with E-state index in [1.165, 1.54) is 0 Å². The van der Waals surface area contributed by atoms with Gasteiger partial charge in [0.15, 0.2) is 17.5 Å². The Balaban J connectivity index is 1.91. The maximum absolute atomic E-state index is 11.8. The van der Waals surface area contributed by atoms with E-state index in [1.54, 1.807) is 7.11 Å². The predicted octanol–water partition coefficient (Wildman–Crippen LogP) is 2.97. The number of amides is 1. The van der Waals surface area contributed by atoms with Crippen molar-refractivity contribution in [3.63, 3.8) is 0 Å². The topological polar surface area (TPSA) is 84.0 Å². The van der Waals surface area contributed by atoms with Gasteiger partial charge in [-0.3, -0.25) is 4.79 Å². The van der Waals surface area contributed by atoms with Crippen molar-refractivity contribution in [2.45, 2.75) is 33.4 Å². The van der Waals surface area contributed by atoms with Crippen LogP contribution in [0.15, 0.2) is 53.5 Å². The summed E-state index contributed by atoms with van der Waals surface area (Å²) in [5, 5.41) is 9.33. The number of guanidine groups is 1. The second-order valence-electron chi connectivity index (χ2n) is 6.71. The highest BCUT2D eigenvalue weighted by Crippen LogP contribution is 2.26. The van der Waals surface area contributed by atoms with Crippen LogP contribution < -0.4 is 25.4 Å². The third kappa shape index (κ3) is 7.31. The van der Waals surface area contributed by atoms with E-state index in [1.807, 2.05) is 69.3 Å². The molecule has 0 bridgehead atoms. The van der Waals surface area contributed by atoms with E-state index in [9.17, 15) is 4.79 Å². The van der Waals surface area contributed by atoms with Gasteiger partial charge in [0.05, 0.1) is 20.2 Å². The van der Waals surface area contributed by atoms with Crippen LogP contribution in [-0.2, 0) is 6.54 Å². The fraction of sp³-hybridized carbons (Fsp3) is 0.391. The highest BCUT2D eigenvalue weighted by molar-refractivity contribution is 5.94. The second kappa shape index (κ2) is 12.4. The largest absolute Gasteiger partial charge is 0.493 e. The summed E-state index contributed by atoms with van der Waals surface area (Å²) in [6, 6.07) is 15.1. The molecule has 1 unspecified atom stereocenters. The maximum atomic E-state index is 11.8. The number of benzene rings is 2. The van der Waals surface area contributed by atoms with Crippen molar-refractivity contribution in [2.75, 3.05) is 26.7 Å². The van der Waals surface area contributed by atoms with Gasteiger partial charge in [-0.15, -0.1) is 0 Å². The van der Waals surface area contributed by atoms with Crippen LogP contribution in [0.2, 0.25) is 0 Å². The minimum absolute atomic E-state index is 0.0633. The monoisotopic (exact) mass is 412 g/mol. The number of aliphatic imine (C=N–C) groups is 1. The van der Waals surface area contributed by atoms with Gasteiger partial charge < -0.3 is 25.4 Å². The van der Waals surface area contributed by atoms with Crippen molar-refractivity contribution in [1.29, 1.82) is 0 Å². The fourth-order valence-corrected chi connectivity index (χ4v) is 2.75. The molecule has 162 valence electrons. The van der Waals surface area contributed by atoms with Gasteiger partial charge in [-0.2, -0.15) is 0 Å². The fourth-order valence-electron chi connectivity index (χ4n) is 2.75. The number of carbonyl (C=O) groups excluding carboxylic acids is 1. The molecule has 0 saturated carbocycles. The normalized spacial score (nSPS) is 12.1. The molecule has 0 radical (unpaired) electrons. The summed E-state index contributed by atoms with van der Waals surface area (Å²) in [5.41, 5.74) is 1.68. The molecular formula is C23H32N4O3. The third-order valence-corrected chi connectivity index (χ3v) is 4.27. The third-order valence-electron chi connectivity index (χ3n) is 4.27. The predicted molar refractivity (Wildman–Crippen MR) is 120 cm³/mol. The zero-order valence-electron chi connectivity index (χ0n) is 18.2. The Bertz CT molecular complexity index is 821. The Hall–Kier alpha value is -3.22. The molecule has 2 aromatic carbocycles. The van der Waals surface area contributed by atoms with E-state index in [0.29, 0.717) is 42.7 Å². The van der Waals surface area contributed by atoms with Crippen LogP contribution in [0.3, 0.4) is 0 Å². The Morgan fingerprint density at radius 2 is 1.63 bits per heavy atom. The van der Waals surface area contributed by atoms with Crippen molar-refractivity contribution in [3.8, 4) is 11.5 Å². The first-order valence-electron chi connectivity index (χ1n) is 10.3. The molecule has 2 aromatic rings. The van der Waals surface area contributed by atoms with E-state index < -0.39 is 0 Å². The van der Waals surface area contributed by atoms with Crippen molar-refractivity contribution in [1.82, 2.24) is 16.0 Å². The summed E-state index contributed by atoms with van der Waals surface area (Å²) >= 11 is 0. The minimum Gasteiger partial charge on any atom is -0.493 e. The number of nitrogens with one attached hydrogen (secondary N) is 3. The Morgan fingerprint density at radius 1 is 0.967 bits per heavy atom. The van der Waals surface area contributed by atoms with Crippen LogP contribution in [0.5, 0.6) is 11.5 Å². The van der Waals surface area contributed by atoms with Crippen LogP contribution >= 0.6 is 0 Å². The zero-order valence-corrected chi connectivity index (χ0v) is 18.2. The van der Waals surface area contributed by atoms with E-state index in [0.717, 1.165) is 12.1 Å². The Morgan fingerprint density at radius 3 is 2.27 bits per heavy atom. The quantitative estimate of drug-likeness (QED) is 0.413. The molecule has 0 aliphatic heterocycles. The molecule has 7 nitrogen and oxygen atoms in total. The lowest BCUT2D eigenvalue weighted by Gasteiger charge is -2.19. The first-order valence-corrected chi connectivity index (χ1v) is 10.3. The van der Waals surface area contributed by atoms with Crippen LogP contribution in [0.4, 0.5) is 0 Å². The molecular weight excluding hydrogens is 380 g/mol. The van der Waals surface area contributed by atoms with Gasteiger partial charge in [0.25, 0.3) is 5.91 Å². The molecule has 30 heavy (non-hydrogen) atoms. The summed E-state index contributed by atoms with van der Waals surface area (Å²) in [7, 11) is 1.63. The molecule has 0 aliphatic carbocycles. The number of nitrogens with zero attached hydrogens (tertiary/aromatic N) is 1. The van der Waals surface area contributed by atoms with Crippen molar-refractivity contribution < 1.29 is 14.3 Å². The number of methoxy groups -OCH3 is 1. The number of ether oxygens (including phenoxy) is 2. The lowest BCUT2D eigenvalue weighted by atomic mass is 10.1. The lowest BCUT2D eigenvalue weighted by molar-refractivity contribution is 0.0956. The number of hydrogen-bond donors (Lipinski definition) is 3. The first kappa shape index (κ1) is 23.1. The minimum atomic E-state index is -0.0819. The molecule has 3 N–H and O–H groups in total. The van der Waals surface area contributed by atoms with Gasteiger partial charge in [-0.1, -0.05) is 24.3 Å². The number of para-hydroxylation sites is 2. The summed E-state index contributed by atoms with van der Waals surface area (Å²) in [4.78, 5) is 16.5. The number of rotatable bonds is 10. The van der Waals surface area contributed by atoms with Crippen LogP contribution in [-0.4, -0.2) is 44.7 Å². The SMILES string of the molecule is CCNC(=O)c1ccc(CN=C(NCC)NCC(C)Oc2ccccc2OC)cc1. The van der Waals surface area contributed by atoms with E-state index in [4.69, 9.17) is 9.47 Å². The Kier molecular flexibility index (Phi) is 9.51. The van der Waals surface area contributed by atoms with Crippen LogP contribution in [0.1, 0.15) is 36.7 Å². The molecule has 0 fully saturated rings. The molecule has 2 rings (SSSR count). The van der Waals surface area contributed by atoms with Crippen molar-refractivity contribution in [3.05, 3.63) is 59.7 Å². The number of carbonyl (C=O) groups is 1. The van der Waals surface area contributed by atoms with E-state index >= 15 is 0 Å². The molecule has 1 amide bonds. The second-order valence-corrected chi connectivity index (χ2v) is 6.71. The van der Waals surface area contributed by atoms with Crippen LogP contribution in [0.25, 0.3) is 0 Å². The highest BCUT2D eigenvalue weighted by atomic mass is 16.5. The number of hydrogen-bond acceptors (Lipinski definition) is 4. The summed E-state index contributed by atoms with van der Waals surface area (Å²) in [6.45, 7) is 8.37. The average Bonchev–Trinajstić information content (AvgIpc) is 2.76.